The van der Waals surface area contributed by atoms with E-state index in [2.05, 4.69) is 42.3 Å². The van der Waals surface area contributed by atoms with Gasteiger partial charge >= 0.3 is 0 Å². The Labute approximate surface area is 232 Å². The van der Waals surface area contributed by atoms with Crippen molar-refractivity contribution in [3.8, 4) is 0 Å². The summed E-state index contributed by atoms with van der Waals surface area (Å²) in [5.41, 5.74) is -2.36. The molecule has 0 fully saturated rings. The van der Waals surface area contributed by atoms with Crippen LogP contribution in [0.25, 0.3) is 0 Å². The van der Waals surface area contributed by atoms with Crippen molar-refractivity contribution in [3.05, 3.63) is 50.6 Å². The number of carbonyl (C=O) groups excluding carboxylic acids is 3. The summed E-state index contributed by atoms with van der Waals surface area (Å²) in [5.74, 6) is 0.00414. The Bertz CT molecular complexity index is 777. The highest BCUT2D eigenvalue weighted by atomic mass is 16.1. The molecular formula is C32H55N3O3. The molecule has 0 unspecified atom stereocenters. The fourth-order valence-corrected chi connectivity index (χ4v) is 4.72. The van der Waals surface area contributed by atoms with Gasteiger partial charge in [0.05, 0.1) is 29.7 Å². The minimum absolute atomic E-state index is 0.00344. The van der Waals surface area contributed by atoms with Gasteiger partial charge in [0.2, 0.25) is 0 Å². The van der Waals surface area contributed by atoms with Crippen LogP contribution < -0.4 is 16.0 Å². The summed E-state index contributed by atoms with van der Waals surface area (Å²) in [6, 6.07) is 0. The highest BCUT2D eigenvalue weighted by Crippen LogP contribution is 2.24. The summed E-state index contributed by atoms with van der Waals surface area (Å²) in [6.45, 7) is 20.6. The van der Waals surface area contributed by atoms with Gasteiger partial charge in [-0.3, -0.25) is 25.0 Å². The Morgan fingerprint density at radius 3 is 1.39 bits per heavy atom. The summed E-state index contributed by atoms with van der Waals surface area (Å²) in [5, 5.41) is 9.90. The Morgan fingerprint density at radius 1 is 0.632 bits per heavy atom. The summed E-state index contributed by atoms with van der Waals surface area (Å²) in [6.07, 6.45) is 16.6. The van der Waals surface area contributed by atoms with E-state index >= 15 is 0 Å². The number of ketones is 3. The molecule has 0 aromatic carbocycles. The maximum atomic E-state index is 13.7. The Balaban J connectivity index is 5.68. The first-order valence-corrected chi connectivity index (χ1v) is 14.2. The molecule has 0 spiro atoms. The van der Waals surface area contributed by atoms with E-state index in [0.29, 0.717) is 25.7 Å². The van der Waals surface area contributed by atoms with Crippen LogP contribution in [-0.2, 0) is 14.4 Å². The van der Waals surface area contributed by atoms with Crippen molar-refractivity contribution in [1.29, 1.82) is 0 Å². The number of unbranched alkanes of at least 4 members (excludes halogenated alkanes) is 4. The van der Waals surface area contributed by atoms with E-state index < -0.39 is 16.6 Å². The highest BCUT2D eigenvalue weighted by molar-refractivity contribution is 5.94. The predicted molar refractivity (Wildman–Crippen MR) is 161 cm³/mol. The first-order valence-electron chi connectivity index (χ1n) is 14.2. The zero-order valence-corrected chi connectivity index (χ0v) is 24.8. The van der Waals surface area contributed by atoms with Crippen molar-refractivity contribution in [2.24, 2.45) is 0 Å². The van der Waals surface area contributed by atoms with E-state index in [-0.39, 0.29) is 30.4 Å². The molecule has 0 aromatic rings. The molecule has 38 heavy (non-hydrogen) atoms. The van der Waals surface area contributed by atoms with E-state index in [1.165, 1.54) is 0 Å². The van der Waals surface area contributed by atoms with Crippen LogP contribution >= 0.6 is 0 Å². The van der Waals surface area contributed by atoms with Crippen LogP contribution in [0.5, 0.6) is 0 Å². The van der Waals surface area contributed by atoms with E-state index in [1.54, 1.807) is 6.92 Å². The van der Waals surface area contributed by atoms with Gasteiger partial charge in [-0.25, -0.2) is 0 Å². The minimum atomic E-state index is -0.911. The molecule has 0 aliphatic carbocycles. The average molecular weight is 530 g/mol. The minimum Gasteiger partial charge on any atom is -0.308 e. The number of rotatable bonds is 26. The molecule has 0 heterocycles. The quantitative estimate of drug-likeness (QED) is 0.0971. The van der Waals surface area contributed by atoms with Gasteiger partial charge in [-0.2, -0.15) is 0 Å². The lowest BCUT2D eigenvalue weighted by Crippen LogP contribution is -2.60. The third kappa shape index (κ3) is 12.1. The molecule has 6 nitrogen and oxygen atoms in total. The van der Waals surface area contributed by atoms with Crippen LogP contribution in [0.2, 0.25) is 0 Å². The van der Waals surface area contributed by atoms with Gasteiger partial charge in [-0.05, 0) is 105 Å². The molecule has 0 bridgehead atoms. The summed E-state index contributed by atoms with van der Waals surface area (Å²) in [4.78, 5) is 39.7. The number of nitrogens with one attached hydrogen (secondary N) is 3. The van der Waals surface area contributed by atoms with Crippen LogP contribution in [0.1, 0.15) is 97.8 Å². The van der Waals surface area contributed by atoms with Crippen LogP contribution in [0.4, 0.5) is 0 Å². The maximum Gasteiger partial charge on any atom is 0.166 e. The summed E-state index contributed by atoms with van der Waals surface area (Å²) in [7, 11) is 1.84. The van der Waals surface area contributed by atoms with E-state index in [0.717, 1.165) is 51.4 Å². The SMILES string of the molecule is C=CCCCC(CCCC=C)(NC)C(=O)CN[C@@](C)(CCCC=C)C(=O)CN[C@](C)(CCCC=C)C(C)=O. The molecule has 3 N–H and O–H groups in total. The second kappa shape index (κ2) is 19.0. The average Bonchev–Trinajstić information content (AvgIpc) is 2.89. The largest absolute Gasteiger partial charge is 0.308 e. The van der Waals surface area contributed by atoms with Gasteiger partial charge in [0.1, 0.15) is 5.78 Å². The van der Waals surface area contributed by atoms with Crippen molar-refractivity contribution in [2.75, 3.05) is 20.1 Å². The summed E-state index contributed by atoms with van der Waals surface area (Å²) < 4.78 is 0. The molecule has 0 saturated carbocycles. The molecule has 0 saturated heterocycles. The number of carbonyl (C=O) groups is 3. The standard InChI is InChI=1S/C32H55N3O3/c1-9-13-17-21-30(6,27(5)36)34-25-28(37)31(7,22-18-14-10-2)35-26-29(38)32(33-8,23-19-15-11-3)24-20-16-12-4/h9-12,33-35H,1-4,13-26H2,5-8H3/t30-,31+/m1/s1. The maximum absolute atomic E-state index is 13.7. The number of likely N-dealkylation sites (N-methyl/N-ethyl adjacent to an activating group) is 1. The van der Waals surface area contributed by atoms with Gasteiger partial charge in [0.15, 0.2) is 11.6 Å². The first kappa shape index (κ1) is 35.9. The van der Waals surface area contributed by atoms with Gasteiger partial charge < -0.3 is 5.32 Å². The smallest absolute Gasteiger partial charge is 0.166 e. The predicted octanol–water partition coefficient (Wildman–Crippen LogP) is 5.79. The number of hydrogen-bond donors (Lipinski definition) is 3. The normalized spacial score (nSPS) is 14.6. The molecule has 6 heteroatoms. The van der Waals surface area contributed by atoms with Crippen molar-refractivity contribution >= 4 is 17.3 Å². The number of hydrogen-bond acceptors (Lipinski definition) is 6. The van der Waals surface area contributed by atoms with Gasteiger partial charge in [0.25, 0.3) is 0 Å². The molecule has 2 atom stereocenters. The van der Waals surface area contributed by atoms with Crippen LogP contribution in [-0.4, -0.2) is 54.1 Å². The van der Waals surface area contributed by atoms with Crippen molar-refractivity contribution in [2.45, 2.75) is 114 Å². The Kier molecular flexibility index (Phi) is 17.9. The van der Waals surface area contributed by atoms with Gasteiger partial charge in [0, 0.05) is 0 Å². The van der Waals surface area contributed by atoms with Crippen LogP contribution in [0, 0.1) is 0 Å². The monoisotopic (exact) mass is 529 g/mol. The van der Waals surface area contributed by atoms with Crippen LogP contribution in [0.15, 0.2) is 50.6 Å². The fourth-order valence-electron chi connectivity index (χ4n) is 4.72. The van der Waals surface area contributed by atoms with Crippen LogP contribution in [0.3, 0.4) is 0 Å². The lowest BCUT2D eigenvalue weighted by molar-refractivity contribution is -0.128. The zero-order chi connectivity index (χ0) is 29.1. The Morgan fingerprint density at radius 2 is 1.00 bits per heavy atom. The number of Topliss-reactive ketones (excluding diaryl/α,β-unsaturated/α-hetero) is 3. The van der Waals surface area contributed by atoms with E-state index in [1.807, 2.05) is 45.2 Å². The molecular weight excluding hydrogens is 474 g/mol. The molecule has 0 aromatic heterocycles. The third-order valence-electron chi connectivity index (χ3n) is 7.88. The highest BCUT2D eigenvalue weighted by Gasteiger charge is 2.39. The molecule has 0 radical (unpaired) electrons. The van der Waals surface area contributed by atoms with Crippen molar-refractivity contribution in [1.82, 2.24) is 16.0 Å². The second-order valence-electron chi connectivity index (χ2n) is 10.8. The van der Waals surface area contributed by atoms with Crippen molar-refractivity contribution < 1.29 is 14.4 Å². The van der Waals surface area contributed by atoms with Gasteiger partial charge in [-0.15, -0.1) is 26.3 Å². The van der Waals surface area contributed by atoms with E-state index in [9.17, 15) is 14.4 Å². The molecule has 0 amide bonds. The molecule has 0 rings (SSSR count). The van der Waals surface area contributed by atoms with E-state index in [4.69, 9.17) is 0 Å². The van der Waals surface area contributed by atoms with Crippen molar-refractivity contribution in [3.63, 3.8) is 0 Å². The molecule has 216 valence electrons. The zero-order valence-electron chi connectivity index (χ0n) is 24.8. The first-order chi connectivity index (χ1) is 18.0. The lowest BCUT2D eigenvalue weighted by Gasteiger charge is -2.36. The number of allylic oxidation sites excluding steroid dienone is 4. The lowest BCUT2D eigenvalue weighted by atomic mass is 9.82. The molecule has 0 aliphatic heterocycles. The molecule has 0 aliphatic rings. The fraction of sp³-hybridized carbons (Fsp3) is 0.656. The third-order valence-corrected chi connectivity index (χ3v) is 7.88. The topological polar surface area (TPSA) is 87.3 Å². The summed E-state index contributed by atoms with van der Waals surface area (Å²) >= 11 is 0. The van der Waals surface area contributed by atoms with Gasteiger partial charge in [-0.1, -0.05) is 24.3 Å². The Hall–Kier alpha value is -2.15. The second-order valence-corrected chi connectivity index (χ2v) is 10.8.